The molecule has 1 aromatic rings. The number of anilines is 1. The second-order valence-corrected chi connectivity index (χ2v) is 3.39. The van der Waals surface area contributed by atoms with Crippen molar-refractivity contribution in [1.82, 2.24) is 9.78 Å². The van der Waals surface area contributed by atoms with Crippen LogP contribution in [0, 0.1) is 6.92 Å². The van der Waals surface area contributed by atoms with Crippen molar-refractivity contribution in [3.63, 3.8) is 0 Å². The Hall–Kier alpha value is -0.640. The van der Waals surface area contributed by atoms with Gasteiger partial charge >= 0.3 is 0 Å². The zero-order valence-corrected chi connectivity index (χ0v) is 7.89. The maximum Gasteiger partial charge on any atom is 0.149 e. The topological polar surface area (TPSA) is 29.9 Å². The van der Waals surface area contributed by atoms with E-state index in [9.17, 15) is 0 Å². The standard InChI is InChI=1S/C7H13N3S/c1-5-4-7(8-6(2)11)9-10(5)3/h4,6,11H,1-3H3,(H,8,9). The summed E-state index contributed by atoms with van der Waals surface area (Å²) >= 11 is 4.19. The first kappa shape index (κ1) is 8.46. The minimum absolute atomic E-state index is 0.143. The Balaban J connectivity index is 2.73. The SMILES string of the molecule is Cc1cc(NC(C)S)nn1C. The van der Waals surface area contributed by atoms with Crippen LogP contribution < -0.4 is 5.32 Å². The van der Waals surface area contributed by atoms with Crippen molar-refractivity contribution < 1.29 is 0 Å². The Labute approximate surface area is 72.2 Å². The highest BCUT2D eigenvalue weighted by molar-refractivity contribution is 7.81. The molecule has 1 unspecified atom stereocenters. The monoisotopic (exact) mass is 171 g/mol. The number of hydrogen-bond acceptors (Lipinski definition) is 3. The van der Waals surface area contributed by atoms with Crippen molar-refractivity contribution >= 4 is 18.4 Å². The Kier molecular flexibility index (Phi) is 2.44. The van der Waals surface area contributed by atoms with Gasteiger partial charge in [0.1, 0.15) is 5.82 Å². The van der Waals surface area contributed by atoms with Crippen LogP contribution in [-0.2, 0) is 7.05 Å². The molecule has 0 spiro atoms. The third kappa shape index (κ3) is 2.15. The quantitative estimate of drug-likeness (QED) is 0.520. The summed E-state index contributed by atoms with van der Waals surface area (Å²) < 4.78 is 1.83. The van der Waals surface area contributed by atoms with Gasteiger partial charge < -0.3 is 5.32 Å². The van der Waals surface area contributed by atoms with Crippen molar-refractivity contribution in [2.24, 2.45) is 7.05 Å². The Morgan fingerprint density at radius 1 is 1.73 bits per heavy atom. The maximum atomic E-state index is 4.21. The largest absolute Gasteiger partial charge is 0.357 e. The van der Waals surface area contributed by atoms with E-state index in [1.807, 2.05) is 31.6 Å². The van der Waals surface area contributed by atoms with Gasteiger partial charge in [-0.1, -0.05) is 0 Å². The van der Waals surface area contributed by atoms with Gasteiger partial charge in [0.25, 0.3) is 0 Å². The maximum absolute atomic E-state index is 4.21. The lowest BCUT2D eigenvalue weighted by molar-refractivity contribution is 0.741. The summed E-state index contributed by atoms with van der Waals surface area (Å²) in [6.45, 7) is 3.98. The summed E-state index contributed by atoms with van der Waals surface area (Å²) in [4.78, 5) is 0. The summed E-state index contributed by atoms with van der Waals surface area (Å²) in [5, 5.41) is 7.45. The van der Waals surface area contributed by atoms with Crippen molar-refractivity contribution in [3.8, 4) is 0 Å². The van der Waals surface area contributed by atoms with Gasteiger partial charge in [0.15, 0.2) is 0 Å². The van der Waals surface area contributed by atoms with Gasteiger partial charge in [0.05, 0.1) is 5.37 Å². The first-order valence-electron chi connectivity index (χ1n) is 3.55. The lowest BCUT2D eigenvalue weighted by Gasteiger charge is -2.03. The molecule has 0 saturated carbocycles. The van der Waals surface area contributed by atoms with Crippen LogP contribution >= 0.6 is 12.6 Å². The second kappa shape index (κ2) is 3.17. The fourth-order valence-electron chi connectivity index (χ4n) is 0.845. The normalized spacial score (nSPS) is 13.1. The highest BCUT2D eigenvalue weighted by Crippen LogP contribution is 2.08. The molecule has 1 atom stereocenters. The van der Waals surface area contributed by atoms with Crippen molar-refractivity contribution in [2.75, 3.05) is 5.32 Å². The van der Waals surface area contributed by atoms with Gasteiger partial charge in [-0.05, 0) is 13.8 Å². The molecule has 3 nitrogen and oxygen atoms in total. The van der Waals surface area contributed by atoms with Crippen LogP contribution in [0.5, 0.6) is 0 Å². The van der Waals surface area contributed by atoms with E-state index in [1.165, 1.54) is 0 Å². The van der Waals surface area contributed by atoms with E-state index < -0.39 is 0 Å². The minimum Gasteiger partial charge on any atom is -0.357 e. The number of nitrogens with zero attached hydrogens (tertiary/aromatic N) is 2. The van der Waals surface area contributed by atoms with Gasteiger partial charge in [-0.2, -0.15) is 17.7 Å². The zero-order valence-electron chi connectivity index (χ0n) is 7.00. The van der Waals surface area contributed by atoms with Crippen molar-refractivity contribution in [1.29, 1.82) is 0 Å². The molecule has 1 heterocycles. The van der Waals surface area contributed by atoms with Crippen LogP contribution in [0.2, 0.25) is 0 Å². The van der Waals surface area contributed by atoms with E-state index in [-0.39, 0.29) is 5.37 Å². The fraction of sp³-hybridized carbons (Fsp3) is 0.571. The molecule has 11 heavy (non-hydrogen) atoms. The molecular formula is C7H13N3S. The van der Waals surface area contributed by atoms with E-state index in [4.69, 9.17) is 0 Å². The number of hydrogen-bond donors (Lipinski definition) is 2. The third-order valence-electron chi connectivity index (χ3n) is 1.47. The number of nitrogens with one attached hydrogen (secondary N) is 1. The van der Waals surface area contributed by atoms with Crippen LogP contribution in [0.3, 0.4) is 0 Å². The Morgan fingerprint density at radius 2 is 2.36 bits per heavy atom. The summed E-state index contributed by atoms with van der Waals surface area (Å²) in [5.74, 6) is 0.882. The molecule has 0 amide bonds. The predicted molar refractivity (Wildman–Crippen MR) is 50.0 cm³/mol. The zero-order chi connectivity index (χ0) is 8.43. The van der Waals surface area contributed by atoms with E-state index in [1.54, 1.807) is 0 Å². The molecule has 62 valence electrons. The molecule has 1 N–H and O–H groups in total. The van der Waals surface area contributed by atoms with Crippen LogP contribution in [0.1, 0.15) is 12.6 Å². The molecule has 1 aromatic heterocycles. The summed E-state index contributed by atoms with van der Waals surface area (Å²) in [7, 11) is 1.92. The number of thiol groups is 1. The highest BCUT2D eigenvalue weighted by Gasteiger charge is 2.00. The smallest absolute Gasteiger partial charge is 0.149 e. The van der Waals surface area contributed by atoms with Gasteiger partial charge in [0, 0.05) is 18.8 Å². The summed E-state index contributed by atoms with van der Waals surface area (Å²) in [6.07, 6.45) is 0. The Bertz CT molecular complexity index is 222. The summed E-state index contributed by atoms with van der Waals surface area (Å²) in [6, 6.07) is 1.99. The van der Waals surface area contributed by atoms with E-state index in [0.29, 0.717) is 0 Å². The van der Waals surface area contributed by atoms with Crippen LogP contribution in [-0.4, -0.2) is 15.2 Å². The molecule has 0 bridgehead atoms. The molecule has 1 rings (SSSR count). The van der Waals surface area contributed by atoms with E-state index in [2.05, 4.69) is 23.0 Å². The third-order valence-corrected chi connectivity index (χ3v) is 1.60. The van der Waals surface area contributed by atoms with Gasteiger partial charge in [-0.15, -0.1) is 0 Å². The van der Waals surface area contributed by atoms with Gasteiger partial charge in [-0.25, -0.2) is 0 Å². The van der Waals surface area contributed by atoms with Crippen LogP contribution in [0.15, 0.2) is 6.07 Å². The fourth-order valence-corrected chi connectivity index (χ4v) is 0.977. The average Bonchev–Trinajstić information content (AvgIpc) is 2.10. The second-order valence-electron chi connectivity index (χ2n) is 2.61. The van der Waals surface area contributed by atoms with Crippen molar-refractivity contribution in [3.05, 3.63) is 11.8 Å². The molecule has 0 aliphatic heterocycles. The van der Waals surface area contributed by atoms with Crippen molar-refractivity contribution in [2.45, 2.75) is 19.2 Å². The van der Waals surface area contributed by atoms with Crippen LogP contribution in [0.25, 0.3) is 0 Å². The molecule has 0 aromatic carbocycles. The number of rotatable bonds is 2. The number of aryl methyl sites for hydroxylation is 2. The molecule has 4 heteroatoms. The first-order valence-corrected chi connectivity index (χ1v) is 4.06. The molecule has 0 aliphatic carbocycles. The Morgan fingerprint density at radius 3 is 2.73 bits per heavy atom. The molecular weight excluding hydrogens is 158 g/mol. The average molecular weight is 171 g/mol. The summed E-state index contributed by atoms with van der Waals surface area (Å²) in [5.41, 5.74) is 1.14. The predicted octanol–water partition coefficient (Wildman–Crippen LogP) is 1.42. The number of aromatic nitrogens is 2. The van der Waals surface area contributed by atoms with Gasteiger partial charge in [0.2, 0.25) is 0 Å². The molecule has 0 aliphatic rings. The lowest BCUT2D eigenvalue weighted by atomic mass is 10.4. The van der Waals surface area contributed by atoms with E-state index in [0.717, 1.165) is 11.5 Å². The molecule has 0 radical (unpaired) electrons. The van der Waals surface area contributed by atoms with E-state index >= 15 is 0 Å². The van der Waals surface area contributed by atoms with Crippen LogP contribution in [0.4, 0.5) is 5.82 Å². The lowest BCUT2D eigenvalue weighted by Crippen LogP contribution is -2.07. The van der Waals surface area contributed by atoms with Gasteiger partial charge in [-0.3, -0.25) is 4.68 Å². The first-order chi connectivity index (χ1) is 5.09. The molecule has 0 saturated heterocycles. The highest BCUT2D eigenvalue weighted by atomic mass is 32.1. The minimum atomic E-state index is 0.143. The molecule has 0 fully saturated rings.